The van der Waals surface area contributed by atoms with E-state index in [1.807, 2.05) is 0 Å². The molecule has 2 fully saturated rings. The van der Waals surface area contributed by atoms with E-state index >= 15 is 0 Å². The second-order valence-electron chi connectivity index (χ2n) is 17.3. The maximum absolute atomic E-state index is 7.02. The smallest absolute Gasteiger partial charge is 0.250 e. The first-order valence-corrected chi connectivity index (χ1v) is 24.8. The molecule has 8 unspecified atom stereocenters. The van der Waals surface area contributed by atoms with Crippen LogP contribution in [0.25, 0.3) is 0 Å². The zero-order valence-electron chi connectivity index (χ0n) is 27.8. The van der Waals surface area contributed by atoms with Crippen molar-refractivity contribution in [1.82, 2.24) is 0 Å². The van der Waals surface area contributed by atoms with E-state index in [-0.39, 0.29) is 10.1 Å². The van der Waals surface area contributed by atoms with Gasteiger partial charge in [0.25, 0.3) is 0 Å². The molecule has 220 valence electrons. The highest BCUT2D eigenvalue weighted by molar-refractivity contribution is 6.80. The summed E-state index contributed by atoms with van der Waals surface area (Å²) in [4.78, 5) is 0. The van der Waals surface area contributed by atoms with Crippen molar-refractivity contribution in [2.24, 2.45) is 35.5 Å². The Morgan fingerprint density at radius 2 is 0.949 bits per heavy atom. The quantitative estimate of drug-likeness (QED) is 0.289. The van der Waals surface area contributed by atoms with Gasteiger partial charge in [-0.25, -0.2) is 0 Å². The first-order valence-electron chi connectivity index (χ1n) is 15.8. The van der Waals surface area contributed by atoms with Crippen molar-refractivity contribution in [1.29, 1.82) is 0 Å². The molecule has 8 atom stereocenters. The normalized spacial score (nSPS) is 35.3. The number of hydrogen-bond donors (Lipinski definition) is 0. The number of allylic oxidation sites excluding steroid dienone is 8. The standard InChI is InChI=1S/C34H60O2Si3/c1-23-21-27-25(17-15-19-29(27)35-38(11,12)33(3,4)5)31(23)37(9,10)32-24(2)22-28-26(32)18-16-20-30(28)36-39(13,14)34(6,7)8/h15-20,23-28,31-32H,21-22H2,1-14H3. The second-order valence-corrected chi connectivity index (χ2v) is 31.7. The van der Waals surface area contributed by atoms with Gasteiger partial charge in [0.2, 0.25) is 16.6 Å². The highest BCUT2D eigenvalue weighted by Crippen LogP contribution is 2.64. The zero-order valence-corrected chi connectivity index (χ0v) is 30.8. The highest BCUT2D eigenvalue weighted by atomic mass is 28.4. The van der Waals surface area contributed by atoms with Crippen LogP contribution >= 0.6 is 0 Å². The Hall–Kier alpha value is -0.789. The van der Waals surface area contributed by atoms with E-state index in [1.165, 1.54) is 24.4 Å². The van der Waals surface area contributed by atoms with E-state index < -0.39 is 24.7 Å². The summed E-state index contributed by atoms with van der Waals surface area (Å²) in [7, 11) is -5.39. The van der Waals surface area contributed by atoms with Crippen LogP contribution in [0.5, 0.6) is 0 Å². The Kier molecular flexibility index (Phi) is 8.14. The summed E-state index contributed by atoms with van der Waals surface area (Å²) in [6.07, 6.45) is 17.0. The van der Waals surface area contributed by atoms with Crippen LogP contribution in [0.3, 0.4) is 0 Å². The fraction of sp³-hybridized carbons (Fsp3) is 0.765. The van der Waals surface area contributed by atoms with E-state index in [4.69, 9.17) is 8.85 Å². The van der Waals surface area contributed by atoms with Crippen molar-refractivity contribution in [2.45, 2.75) is 129 Å². The van der Waals surface area contributed by atoms with Crippen molar-refractivity contribution in [3.8, 4) is 0 Å². The molecule has 4 aliphatic rings. The van der Waals surface area contributed by atoms with Gasteiger partial charge in [0.1, 0.15) is 0 Å². The highest BCUT2D eigenvalue weighted by Gasteiger charge is 2.59. The molecule has 0 heterocycles. The van der Waals surface area contributed by atoms with Crippen LogP contribution in [0.2, 0.25) is 60.4 Å². The Morgan fingerprint density at radius 3 is 1.26 bits per heavy atom. The van der Waals surface area contributed by atoms with E-state index in [0.717, 1.165) is 22.9 Å². The van der Waals surface area contributed by atoms with Crippen LogP contribution in [0, 0.1) is 35.5 Å². The van der Waals surface area contributed by atoms with E-state index in [1.54, 1.807) is 0 Å². The fourth-order valence-electron chi connectivity index (χ4n) is 8.39. The van der Waals surface area contributed by atoms with E-state index in [2.05, 4.69) is 131 Å². The van der Waals surface area contributed by atoms with Crippen molar-refractivity contribution < 1.29 is 8.85 Å². The van der Waals surface area contributed by atoms with Crippen molar-refractivity contribution in [3.05, 3.63) is 48.0 Å². The molecule has 0 saturated heterocycles. The van der Waals surface area contributed by atoms with E-state index in [9.17, 15) is 0 Å². The monoisotopic (exact) mass is 584 g/mol. The Labute approximate surface area is 245 Å². The molecule has 0 aromatic rings. The lowest BCUT2D eigenvalue weighted by Crippen LogP contribution is -2.46. The molecule has 0 amide bonds. The third kappa shape index (κ3) is 5.55. The third-order valence-electron chi connectivity index (χ3n) is 12.2. The van der Waals surface area contributed by atoms with Crippen molar-refractivity contribution in [2.75, 3.05) is 0 Å². The molecule has 2 nitrogen and oxygen atoms in total. The van der Waals surface area contributed by atoms with Gasteiger partial charge >= 0.3 is 0 Å². The molecule has 4 rings (SSSR count). The molecular formula is C34H60O2Si3. The number of fused-ring (bicyclic) bond motifs is 2. The molecule has 0 spiro atoms. The molecule has 39 heavy (non-hydrogen) atoms. The number of hydrogen-bond acceptors (Lipinski definition) is 2. The first kappa shape index (κ1) is 31.2. The summed E-state index contributed by atoms with van der Waals surface area (Å²) >= 11 is 0. The lowest BCUT2D eigenvalue weighted by atomic mass is 9.89. The predicted octanol–water partition coefficient (Wildman–Crippen LogP) is 10.9. The third-order valence-corrected chi connectivity index (χ3v) is 26.3. The fourth-order valence-corrected chi connectivity index (χ4v) is 16.9. The maximum Gasteiger partial charge on any atom is 0.250 e. The largest absolute Gasteiger partial charge is 0.546 e. The minimum absolute atomic E-state index is 0.224. The number of rotatable bonds is 6. The summed E-state index contributed by atoms with van der Waals surface area (Å²) in [6.45, 7) is 34.4. The topological polar surface area (TPSA) is 18.5 Å². The molecule has 4 aliphatic carbocycles. The average molecular weight is 585 g/mol. The predicted molar refractivity (Wildman–Crippen MR) is 178 cm³/mol. The molecule has 0 aliphatic heterocycles. The summed E-state index contributed by atoms with van der Waals surface area (Å²) < 4.78 is 14.0. The molecule has 0 bridgehead atoms. The Bertz CT molecular complexity index is 967. The van der Waals surface area contributed by atoms with Gasteiger partial charge < -0.3 is 8.85 Å². The first-order chi connectivity index (χ1) is 17.7. The van der Waals surface area contributed by atoms with Gasteiger partial charge in [-0.1, -0.05) is 92.8 Å². The van der Waals surface area contributed by atoms with Gasteiger partial charge in [0.15, 0.2) is 0 Å². The van der Waals surface area contributed by atoms with Crippen LogP contribution in [0.15, 0.2) is 48.0 Å². The Morgan fingerprint density at radius 1 is 0.615 bits per heavy atom. The van der Waals surface area contributed by atoms with Gasteiger partial charge in [-0.15, -0.1) is 0 Å². The summed E-state index contributed by atoms with van der Waals surface area (Å²) in [5.41, 5.74) is 1.58. The SMILES string of the molecule is CC1CC2C(O[Si](C)(C)C(C)(C)C)=CC=CC2C1[Si](C)(C)C1C(C)CC2C(O[Si](C)(C)C(C)(C)C)=CC=CC21. The zero-order chi connectivity index (χ0) is 29.3. The summed E-state index contributed by atoms with van der Waals surface area (Å²) in [5.74, 6) is 6.46. The van der Waals surface area contributed by atoms with Crippen LogP contribution in [-0.4, -0.2) is 24.7 Å². The maximum atomic E-state index is 7.02. The second kappa shape index (κ2) is 10.2. The van der Waals surface area contributed by atoms with Gasteiger partial charge in [0.05, 0.1) is 19.6 Å². The average Bonchev–Trinajstić information content (AvgIpc) is 3.29. The molecular weight excluding hydrogens is 525 g/mol. The molecule has 0 aromatic heterocycles. The minimum atomic E-state index is -1.86. The molecule has 2 saturated carbocycles. The summed E-state index contributed by atoms with van der Waals surface area (Å²) in [6, 6.07) is 0. The molecule has 0 radical (unpaired) electrons. The van der Waals surface area contributed by atoms with Crippen LogP contribution < -0.4 is 0 Å². The van der Waals surface area contributed by atoms with Gasteiger partial charge in [0, 0.05) is 11.8 Å². The lowest BCUT2D eigenvalue weighted by Gasteiger charge is -2.46. The molecule has 5 heteroatoms. The minimum Gasteiger partial charge on any atom is -0.546 e. The van der Waals surface area contributed by atoms with Gasteiger partial charge in [-0.3, -0.25) is 0 Å². The van der Waals surface area contributed by atoms with Crippen molar-refractivity contribution in [3.63, 3.8) is 0 Å². The van der Waals surface area contributed by atoms with Crippen molar-refractivity contribution >= 4 is 24.7 Å². The van der Waals surface area contributed by atoms with Crippen LogP contribution in [-0.2, 0) is 8.85 Å². The Balaban J connectivity index is 1.58. The van der Waals surface area contributed by atoms with E-state index in [0.29, 0.717) is 23.7 Å². The van der Waals surface area contributed by atoms with Gasteiger partial charge in [-0.2, -0.15) is 0 Å². The lowest BCUT2D eigenvalue weighted by molar-refractivity contribution is 0.294. The van der Waals surface area contributed by atoms with Gasteiger partial charge in [-0.05, 0) is 96.0 Å². The molecule has 0 N–H and O–H groups in total. The van der Waals surface area contributed by atoms with Crippen LogP contribution in [0.4, 0.5) is 0 Å². The van der Waals surface area contributed by atoms with Crippen LogP contribution in [0.1, 0.15) is 68.2 Å². The summed E-state index contributed by atoms with van der Waals surface area (Å²) in [5, 5.41) is 0.447. The molecule has 0 aromatic carbocycles.